The second kappa shape index (κ2) is 6.92. The molecule has 1 unspecified atom stereocenters. The lowest BCUT2D eigenvalue weighted by molar-refractivity contribution is 0.0885. The molecule has 0 saturated carbocycles. The molecule has 0 radical (unpaired) electrons. The molecule has 1 aromatic rings. The Kier molecular flexibility index (Phi) is 5.83. The van der Waals surface area contributed by atoms with Crippen molar-refractivity contribution in [2.24, 2.45) is 0 Å². The lowest BCUT2D eigenvalue weighted by atomic mass is 10.0. The number of nitrogens with one attached hydrogen (secondary N) is 1. The zero-order valence-electron chi connectivity index (χ0n) is 12.9. The number of benzene rings is 1. The minimum absolute atomic E-state index is 0.366. The summed E-state index contributed by atoms with van der Waals surface area (Å²) in [5.41, 5.74) is 1.80. The van der Waals surface area contributed by atoms with E-state index in [0.717, 1.165) is 13.0 Å². The maximum Gasteiger partial charge on any atom is 0.0765 e. The van der Waals surface area contributed by atoms with Crippen LogP contribution in [0.25, 0.3) is 0 Å². The number of aliphatic hydroxyl groups is 1. The molecule has 3 nitrogen and oxygen atoms in total. The largest absolute Gasteiger partial charge is 0.389 e. The Hall–Kier alpha value is -1.06. The molecule has 3 heteroatoms. The van der Waals surface area contributed by atoms with Gasteiger partial charge in [-0.05, 0) is 38.4 Å². The quantitative estimate of drug-likeness (QED) is 0.795. The first-order valence-corrected chi connectivity index (χ1v) is 7.14. The standard InChI is InChI=1S/C16H28N2O/c1-6-14(17-7-2)13-10-8-9-11-15(13)18(5)12-16(3,4)19/h8-11,14,17,19H,6-7,12H2,1-5H3. The second-order valence-corrected chi connectivity index (χ2v) is 5.75. The van der Waals surface area contributed by atoms with E-state index in [-0.39, 0.29) is 0 Å². The molecule has 0 aliphatic heterocycles. The third-order valence-electron chi connectivity index (χ3n) is 3.21. The van der Waals surface area contributed by atoms with Crippen molar-refractivity contribution in [2.75, 3.05) is 25.0 Å². The topological polar surface area (TPSA) is 35.5 Å². The van der Waals surface area contributed by atoms with E-state index in [4.69, 9.17) is 0 Å². The molecule has 108 valence electrons. The van der Waals surface area contributed by atoms with E-state index in [9.17, 15) is 5.11 Å². The van der Waals surface area contributed by atoms with Gasteiger partial charge in [0.2, 0.25) is 0 Å². The number of anilines is 1. The van der Waals surface area contributed by atoms with Crippen LogP contribution in [0.15, 0.2) is 24.3 Å². The van der Waals surface area contributed by atoms with Gasteiger partial charge in [-0.25, -0.2) is 0 Å². The number of likely N-dealkylation sites (N-methyl/N-ethyl adjacent to an activating group) is 1. The van der Waals surface area contributed by atoms with Crippen LogP contribution in [0.4, 0.5) is 5.69 Å². The van der Waals surface area contributed by atoms with Crippen LogP contribution in [0.1, 0.15) is 45.7 Å². The molecule has 0 fully saturated rings. The molecular weight excluding hydrogens is 236 g/mol. The van der Waals surface area contributed by atoms with Gasteiger partial charge in [0, 0.05) is 25.3 Å². The summed E-state index contributed by atoms with van der Waals surface area (Å²) in [5.74, 6) is 0. The van der Waals surface area contributed by atoms with Crippen molar-refractivity contribution in [1.82, 2.24) is 5.32 Å². The monoisotopic (exact) mass is 264 g/mol. The van der Waals surface area contributed by atoms with Gasteiger partial charge in [0.1, 0.15) is 0 Å². The van der Waals surface area contributed by atoms with Crippen molar-refractivity contribution >= 4 is 5.69 Å². The lowest BCUT2D eigenvalue weighted by Crippen LogP contribution is -2.37. The third kappa shape index (κ3) is 4.84. The number of hydrogen-bond acceptors (Lipinski definition) is 3. The van der Waals surface area contributed by atoms with Gasteiger partial charge in [0.25, 0.3) is 0 Å². The highest BCUT2D eigenvalue weighted by atomic mass is 16.3. The van der Waals surface area contributed by atoms with Crippen molar-refractivity contribution in [1.29, 1.82) is 0 Å². The van der Waals surface area contributed by atoms with Crippen LogP contribution in [0.2, 0.25) is 0 Å². The molecule has 0 spiro atoms. The molecule has 0 saturated heterocycles. The Bertz CT molecular complexity index is 385. The average Bonchev–Trinajstić information content (AvgIpc) is 2.34. The number of para-hydroxylation sites is 1. The summed E-state index contributed by atoms with van der Waals surface area (Å²) in [6.45, 7) is 9.59. The molecule has 1 aromatic carbocycles. The highest BCUT2D eigenvalue weighted by Crippen LogP contribution is 2.28. The molecule has 0 aliphatic rings. The van der Waals surface area contributed by atoms with Gasteiger partial charge in [-0.15, -0.1) is 0 Å². The molecule has 1 rings (SSSR count). The Morgan fingerprint density at radius 2 is 1.89 bits per heavy atom. The molecule has 2 N–H and O–H groups in total. The molecule has 0 aromatic heterocycles. The maximum absolute atomic E-state index is 9.98. The van der Waals surface area contributed by atoms with Gasteiger partial charge in [0.05, 0.1) is 5.60 Å². The first-order valence-electron chi connectivity index (χ1n) is 7.14. The first-order chi connectivity index (χ1) is 8.89. The summed E-state index contributed by atoms with van der Waals surface area (Å²) in [7, 11) is 2.04. The van der Waals surface area contributed by atoms with E-state index >= 15 is 0 Å². The predicted octanol–water partition coefficient (Wildman–Crippen LogP) is 2.95. The van der Waals surface area contributed by atoms with E-state index in [1.54, 1.807) is 0 Å². The fourth-order valence-electron chi connectivity index (χ4n) is 2.52. The minimum atomic E-state index is -0.693. The lowest BCUT2D eigenvalue weighted by Gasteiger charge is -2.31. The predicted molar refractivity (Wildman–Crippen MR) is 82.7 cm³/mol. The number of nitrogens with zero attached hydrogens (tertiary/aromatic N) is 1. The van der Waals surface area contributed by atoms with Crippen LogP contribution in [0.3, 0.4) is 0 Å². The minimum Gasteiger partial charge on any atom is -0.389 e. The van der Waals surface area contributed by atoms with E-state index < -0.39 is 5.60 Å². The molecule has 1 atom stereocenters. The Morgan fingerprint density at radius 1 is 1.26 bits per heavy atom. The van der Waals surface area contributed by atoms with Crippen LogP contribution in [0.5, 0.6) is 0 Å². The summed E-state index contributed by atoms with van der Waals surface area (Å²) in [5, 5.41) is 13.5. The van der Waals surface area contributed by atoms with E-state index in [1.807, 2.05) is 20.9 Å². The van der Waals surface area contributed by atoms with E-state index in [2.05, 4.69) is 48.3 Å². The summed E-state index contributed by atoms with van der Waals surface area (Å²) >= 11 is 0. The fraction of sp³-hybridized carbons (Fsp3) is 0.625. The average molecular weight is 264 g/mol. The summed E-state index contributed by atoms with van der Waals surface area (Å²) < 4.78 is 0. The smallest absolute Gasteiger partial charge is 0.0765 e. The van der Waals surface area contributed by atoms with Crippen LogP contribution in [-0.2, 0) is 0 Å². The Labute approximate surface area is 117 Å². The van der Waals surface area contributed by atoms with Gasteiger partial charge < -0.3 is 15.3 Å². The van der Waals surface area contributed by atoms with Crippen LogP contribution < -0.4 is 10.2 Å². The molecule has 0 aliphatic carbocycles. The molecule has 0 amide bonds. The second-order valence-electron chi connectivity index (χ2n) is 5.75. The normalized spacial score (nSPS) is 13.4. The Morgan fingerprint density at radius 3 is 2.42 bits per heavy atom. The van der Waals surface area contributed by atoms with Gasteiger partial charge in [-0.2, -0.15) is 0 Å². The number of rotatable bonds is 7. The zero-order chi connectivity index (χ0) is 14.5. The number of hydrogen-bond donors (Lipinski definition) is 2. The molecular formula is C16H28N2O. The first kappa shape index (κ1) is 16.0. The van der Waals surface area contributed by atoms with E-state index in [1.165, 1.54) is 11.3 Å². The maximum atomic E-state index is 9.98. The van der Waals surface area contributed by atoms with Gasteiger partial charge in [-0.3, -0.25) is 0 Å². The fourth-order valence-corrected chi connectivity index (χ4v) is 2.52. The van der Waals surface area contributed by atoms with Gasteiger partial charge >= 0.3 is 0 Å². The van der Waals surface area contributed by atoms with Gasteiger partial charge in [-0.1, -0.05) is 32.0 Å². The summed E-state index contributed by atoms with van der Waals surface area (Å²) in [4.78, 5) is 2.13. The highest BCUT2D eigenvalue weighted by molar-refractivity contribution is 5.54. The summed E-state index contributed by atoms with van der Waals surface area (Å²) in [6.07, 6.45) is 1.06. The molecule has 19 heavy (non-hydrogen) atoms. The third-order valence-corrected chi connectivity index (χ3v) is 3.21. The van der Waals surface area contributed by atoms with E-state index in [0.29, 0.717) is 12.6 Å². The zero-order valence-corrected chi connectivity index (χ0v) is 12.9. The van der Waals surface area contributed by atoms with Crippen molar-refractivity contribution < 1.29 is 5.11 Å². The van der Waals surface area contributed by atoms with Crippen molar-refractivity contribution in [3.8, 4) is 0 Å². The summed E-state index contributed by atoms with van der Waals surface area (Å²) in [6, 6.07) is 8.80. The van der Waals surface area contributed by atoms with Crippen LogP contribution in [0, 0.1) is 0 Å². The van der Waals surface area contributed by atoms with Gasteiger partial charge in [0.15, 0.2) is 0 Å². The molecule has 0 heterocycles. The van der Waals surface area contributed by atoms with Crippen LogP contribution >= 0.6 is 0 Å². The SMILES string of the molecule is CCNC(CC)c1ccccc1N(C)CC(C)(C)O. The highest BCUT2D eigenvalue weighted by Gasteiger charge is 2.19. The molecule has 0 bridgehead atoms. The van der Waals surface area contributed by atoms with Crippen molar-refractivity contribution in [3.63, 3.8) is 0 Å². The van der Waals surface area contributed by atoms with Crippen molar-refractivity contribution in [2.45, 2.75) is 45.8 Å². The Balaban J connectivity index is 3.00. The van der Waals surface area contributed by atoms with Crippen LogP contribution in [-0.4, -0.2) is 30.8 Å². The van der Waals surface area contributed by atoms with Crippen molar-refractivity contribution in [3.05, 3.63) is 29.8 Å².